The Morgan fingerprint density at radius 1 is 0.731 bits per heavy atom. The summed E-state index contributed by atoms with van der Waals surface area (Å²) >= 11 is 5.87. The van der Waals surface area contributed by atoms with Crippen LogP contribution in [0, 0.1) is 0 Å². The Bertz CT molecular complexity index is 934. The Kier molecular flexibility index (Phi) is 5.59. The van der Waals surface area contributed by atoms with Crippen LogP contribution < -0.4 is 4.57 Å². The van der Waals surface area contributed by atoms with E-state index >= 15 is 0 Å². The largest absolute Gasteiger partial charge is 0.294 e. The van der Waals surface area contributed by atoms with E-state index in [1.807, 2.05) is 60.1 Å². The van der Waals surface area contributed by atoms with Gasteiger partial charge in [-0.05, 0) is 30.3 Å². The third kappa shape index (κ3) is 4.24. The van der Waals surface area contributed by atoms with Crippen LogP contribution in [0.2, 0.25) is 5.02 Å². The third-order valence-electron chi connectivity index (χ3n) is 4.38. The smallest absolute Gasteiger partial charge is 0.189 e. The van der Waals surface area contributed by atoms with Gasteiger partial charge in [-0.25, -0.2) is 4.57 Å². The van der Waals surface area contributed by atoms with Crippen LogP contribution >= 0.6 is 11.6 Å². The van der Waals surface area contributed by atoms with Crippen molar-refractivity contribution in [1.29, 1.82) is 0 Å². The Hall–Kier alpha value is -2.78. The first kappa shape index (κ1) is 18.0. The number of hydrogen-bond acceptors (Lipinski definition) is 2. The maximum absolute atomic E-state index is 12.5. The zero-order valence-electron chi connectivity index (χ0n) is 14.5. The molecule has 0 radical (unpaired) electrons. The number of benzene rings is 2. The molecule has 3 aromatic rings. The lowest BCUT2D eigenvalue weighted by atomic mass is 10.0. The van der Waals surface area contributed by atoms with E-state index in [2.05, 4.69) is 0 Å². The molecule has 0 fully saturated rings. The van der Waals surface area contributed by atoms with Gasteiger partial charge in [0.05, 0.1) is 12.8 Å². The van der Waals surface area contributed by atoms with Crippen molar-refractivity contribution in [2.45, 2.75) is 12.8 Å². The molecule has 0 saturated carbocycles. The number of hydrogen-bond donors (Lipinski definition) is 0. The number of pyridine rings is 1. The second kappa shape index (κ2) is 8.07. The molecule has 0 amide bonds. The molecule has 0 aliphatic carbocycles. The molecule has 26 heavy (non-hydrogen) atoms. The molecule has 0 spiro atoms. The van der Waals surface area contributed by atoms with Gasteiger partial charge in [-0.1, -0.05) is 41.9 Å². The summed E-state index contributed by atoms with van der Waals surface area (Å²) < 4.78 is 1.93. The molecule has 3 rings (SSSR count). The first-order valence-corrected chi connectivity index (χ1v) is 8.76. The summed E-state index contributed by atoms with van der Waals surface area (Å²) in [7, 11) is 1.89. The van der Waals surface area contributed by atoms with E-state index in [1.165, 1.54) is 0 Å². The zero-order chi connectivity index (χ0) is 18.5. The van der Waals surface area contributed by atoms with Gasteiger partial charge < -0.3 is 0 Å². The van der Waals surface area contributed by atoms with Crippen LogP contribution in [0.15, 0.2) is 72.8 Å². The summed E-state index contributed by atoms with van der Waals surface area (Å²) in [5, 5.41) is 0.605. The number of Topliss-reactive ketones (excluding diaryl/α,β-unsaturated/α-hetero) is 2. The van der Waals surface area contributed by atoms with Crippen molar-refractivity contribution in [3.05, 3.63) is 100 Å². The van der Waals surface area contributed by atoms with E-state index in [0.29, 0.717) is 22.6 Å². The van der Waals surface area contributed by atoms with Gasteiger partial charge >= 0.3 is 0 Å². The van der Waals surface area contributed by atoms with Crippen molar-refractivity contribution in [1.82, 2.24) is 0 Å². The van der Waals surface area contributed by atoms with Crippen LogP contribution in [0.5, 0.6) is 0 Å². The van der Waals surface area contributed by atoms with Crippen LogP contribution in [0.4, 0.5) is 0 Å². The number of ketones is 2. The minimum absolute atomic E-state index is 0.0174. The zero-order valence-corrected chi connectivity index (χ0v) is 15.2. The Morgan fingerprint density at radius 2 is 1.23 bits per heavy atom. The van der Waals surface area contributed by atoms with Crippen LogP contribution in [0.25, 0.3) is 0 Å². The standard InChI is InChI=1S/C22H19ClNO2/c1-24-19(14-21(25)16-6-3-2-4-7-16)8-5-9-20(24)15-22(26)17-10-12-18(23)13-11-17/h2-13H,14-15H2,1H3/q+1. The highest BCUT2D eigenvalue weighted by Gasteiger charge is 2.19. The number of rotatable bonds is 6. The first-order valence-electron chi connectivity index (χ1n) is 8.38. The number of carbonyl (C=O) groups is 2. The van der Waals surface area contributed by atoms with Crippen molar-refractivity contribution >= 4 is 23.2 Å². The van der Waals surface area contributed by atoms with Crippen LogP contribution in [-0.2, 0) is 19.9 Å². The fourth-order valence-corrected chi connectivity index (χ4v) is 2.95. The molecule has 0 atom stereocenters. The van der Waals surface area contributed by atoms with Crippen LogP contribution in [-0.4, -0.2) is 11.6 Å². The fraction of sp³-hybridized carbons (Fsp3) is 0.136. The Labute approximate surface area is 157 Å². The molecule has 4 heteroatoms. The number of carbonyl (C=O) groups excluding carboxylic acids is 2. The molecule has 3 nitrogen and oxygen atoms in total. The molecular weight excluding hydrogens is 346 g/mol. The van der Waals surface area contributed by atoms with Crippen molar-refractivity contribution in [2.75, 3.05) is 0 Å². The van der Waals surface area contributed by atoms with E-state index in [-0.39, 0.29) is 18.0 Å². The molecule has 130 valence electrons. The number of halogens is 1. The monoisotopic (exact) mass is 364 g/mol. The Morgan fingerprint density at radius 3 is 1.77 bits per heavy atom. The van der Waals surface area contributed by atoms with E-state index in [0.717, 1.165) is 11.4 Å². The fourth-order valence-electron chi connectivity index (χ4n) is 2.83. The molecule has 0 aliphatic rings. The molecule has 0 N–H and O–H groups in total. The van der Waals surface area contributed by atoms with Crippen molar-refractivity contribution < 1.29 is 14.2 Å². The third-order valence-corrected chi connectivity index (χ3v) is 4.64. The predicted molar refractivity (Wildman–Crippen MR) is 102 cm³/mol. The van der Waals surface area contributed by atoms with Gasteiger partial charge in [0.25, 0.3) is 0 Å². The average Bonchev–Trinajstić information content (AvgIpc) is 2.66. The quantitative estimate of drug-likeness (QED) is 0.489. The second-order valence-corrected chi connectivity index (χ2v) is 6.58. The molecule has 0 unspecified atom stereocenters. The van der Waals surface area contributed by atoms with Gasteiger partial charge in [0, 0.05) is 28.3 Å². The van der Waals surface area contributed by atoms with Gasteiger partial charge in [0.15, 0.2) is 23.0 Å². The molecule has 1 aromatic heterocycles. The maximum atomic E-state index is 12.5. The van der Waals surface area contributed by atoms with Crippen molar-refractivity contribution in [3.63, 3.8) is 0 Å². The van der Waals surface area contributed by atoms with Crippen LogP contribution in [0.1, 0.15) is 32.1 Å². The van der Waals surface area contributed by atoms with Gasteiger partial charge in [0.2, 0.25) is 0 Å². The van der Waals surface area contributed by atoms with E-state index in [9.17, 15) is 9.59 Å². The van der Waals surface area contributed by atoms with Gasteiger partial charge in [-0.2, -0.15) is 0 Å². The summed E-state index contributed by atoms with van der Waals surface area (Å²) in [6.07, 6.45) is 0.564. The summed E-state index contributed by atoms with van der Waals surface area (Å²) in [4.78, 5) is 25.0. The summed E-state index contributed by atoms with van der Waals surface area (Å²) in [6.45, 7) is 0. The lowest BCUT2D eigenvalue weighted by Crippen LogP contribution is -2.40. The first-order chi connectivity index (χ1) is 12.5. The van der Waals surface area contributed by atoms with E-state index in [1.54, 1.807) is 24.3 Å². The number of aromatic nitrogens is 1. The molecule has 0 bridgehead atoms. The summed E-state index contributed by atoms with van der Waals surface area (Å²) in [5.74, 6) is 0.0752. The lowest BCUT2D eigenvalue weighted by molar-refractivity contribution is -0.685. The van der Waals surface area contributed by atoms with E-state index in [4.69, 9.17) is 11.6 Å². The van der Waals surface area contributed by atoms with Gasteiger partial charge in [-0.3, -0.25) is 9.59 Å². The lowest BCUT2D eigenvalue weighted by Gasteiger charge is -2.05. The topological polar surface area (TPSA) is 38.0 Å². The SMILES string of the molecule is C[n+]1c(CC(=O)c2ccccc2)cccc1CC(=O)c1ccc(Cl)cc1. The highest BCUT2D eigenvalue weighted by molar-refractivity contribution is 6.30. The molecule has 0 saturated heterocycles. The average molecular weight is 365 g/mol. The normalized spacial score (nSPS) is 10.5. The molecular formula is C22H19ClNO2+. The predicted octanol–water partition coefficient (Wildman–Crippen LogP) is 4.02. The highest BCUT2D eigenvalue weighted by Crippen LogP contribution is 2.12. The van der Waals surface area contributed by atoms with Gasteiger partial charge in [-0.15, -0.1) is 0 Å². The highest BCUT2D eigenvalue weighted by atomic mass is 35.5. The molecule has 1 heterocycles. The van der Waals surface area contributed by atoms with Gasteiger partial charge in [0.1, 0.15) is 7.05 Å². The summed E-state index contributed by atoms with van der Waals surface area (Å²) in [5.41, 5.74) is 3.05. The van der Waals surface area contributed by atoms with Crippen LogP contribution in [0.3, 0.4) is 0 Å². The minimum atomic E-state index is 0.0174. The molecule has 2 aromatic carbocycles. The minimum Gasteiger partial charge on any atom is -0.294 e. The Balaban J connectivity index is 1.77. The maximum Gasteiger partial charge on any atom is 0.189 e. The molecule has 0 aliphatic heterocycles. The van der Waals surface area contributed by atoms with E-state index < -0.39 is 0 Å². The number of nitrogens with zero attached hydrogens (tertiary/aromatic N) is 1. The summed E-state index contributed by atoms with van der Waals surface area (Å²) in [6, 6.07) is 21.8. The van der Waals surface area contributed by atoms with Crippen molar-refractivity contribution in [2.24, 2.45) is 7.05 Å². The second-order valence-electron chi connectivity index (χ2n) is 6.14. The van der Waals surface area contributed by atoms with Crippen molar-refractivity contribution in [3.8, 4) is 0 Å².